The monoisotopic (exact) mass is 313 g/mol. The molecule has 0 heterocycles. The minimum Gasteiger partial charge on any atom is -0.463 e. The molecule has 0 aliphatic carbocycles. The maximum atomic E-state index is 11.5. The Balaban J connectivity index is 2.27. The molecule has 0 fully saturated rings. The number of carbonyl (C=O) groups excluding carboxylic acids is 2. The summed E-state index contributed by atoms with van der Waals surface area (Å²) < 4.78 is 9.94. The molecule has 5 nitrogen and oxygen atoms in total. The van der Waals surface area contributed by atoms with Crippen LogP contribution in [0.2, 0.25) is 0 Å². The van der Waals surface area contributed by atoms with E-state index in [0.717, 1.165) is 5.56 Å². The second kappa shape index (κ2) is 9.96. The topological polar surface area (TPSA) is 76.4 Å². The van der Waals surface area contributed by atoms with Crippen LogP contribution in [-0.4, -0.2) is 24.6 Å². The molecule has 23 heavy (non-hydrogen) atoms. The molecule has 1 atom stereocenters. The number of esters is 2. The van der Waals surface area contributed by atoms with Crippen molar-refractivity contribution < 1.29 is 19.1 Å². The average Bonchev–Trinajstić information content (AvgIpc) is 2.56. The van der Waals surface area contributed by atoms with Gasteiger partial charge in [0.15, 0.2) is 6.10 Å². The summed E-state index contributed by atoms with van der Waals surface area (Å²) >= 11 is 0. The summed E-state index contributed by atoms with van der Waals surface area (Å²) in [6, 6.07) is 11.3. The zero-order chi connectivity index (χ0) is 17.1. The van der Waals surface area contributed by atoms with Crippen molar-refractivity contribution in [2.75, 3.05) is 6.61 Å². The van der Waals surface area contributed by atoms with Gasteiger partial charge in [0.25, 0.3) is 0 Å². The van der Waals surface area contributed by atoms with Crippen LogP contribution in [0.3, 0.4) is 0 Å². The predicted molar refractivity (Wildman–Crippen MR) is 86.0 cm³/mol. The molecule has 5 heteroatoms. The molecule has 0 bridgehead atoms. The van der Waals surface area contributed by atoms with Gasteiger partial charge in [0.2, 0.25) is 0 Å². The third-order valence-electron chi connectivity index (χ3n) is 2.81. The highest BCUT2D eigenvalue weighted by atomic mass is 16.5. The third kappa shape index (κ3) is 7.63. The van der Waals surface area contributed by atoms with E-state index in [-0.39, 0.29) is 12.2 Å². The van der Waals surface area contributed by atoms with Gasteiger partial charge in [-0.2, -0.15) is 5.26 Å². The van der Waals surface area contributed by atoms with Gasteiger partial charge >= 0.3 is 11.9 Å². The molecular weight excluding hydrogens is 294 g/mol. The number of ether oxygens (including phenoxy) is 2. The smallest absolute Gasteiger partial charge is 0.334 e. The van der Waals surface area contributed by atoms with Crippen LogP contribution < -0.4 is 0 Å². The number of nitrogens with zero attached hydrogens (tertiary/aromatic N) is 1. The van der Waals surface area contributed by atoms with E-state index in [0.29, 0.717) is 12.8 Å². The van der Waals surface area contributed by atoms with Gasteiger partial charge in [-0.3, -0.25) is 0 Å². The van der Waals surface area contributed by atoms with Gasteiger partial charge in [-0.1, -0.05) is 36.9 Å². The summed E-state index contributed by atoms with van der Waals surface area (Å²) in [7, 11) is 0. The van der Waals surface area contributed by atoms with Crippen LogP contribution in [0.4, 0.5) is 0 Å². The molecule has 0 radical (unpaired) electrons. The van der Waals surface area contributed by atoms with Crippen molar-refractivity contribution in [1.29, 1.82) is 5.26 Å². The van der Waals surface area contributed by atoms with E-state index in [9.17, 15) is 9.59 Å². The maximum absolute atomic E-state index is 11.5. The summed E-state index contributed by atoms with van der Waals surface area (Å²) in [6.07, 6.45) is 2.86. The molecule has 0 saturated carbocycles. The number of rotatable bonds is 8. The Bertz CT molecular complexity index is 614. The molecule has 0 aliphatic rings. The Labute approximate surface area is 135 Å². The third-order valence-corrected chi connectivity index (χ3v) is 2.81. The minimum atomic E-state index is -0.863. The van der Waals surface area contributed by atoms with Crippen LogP contribution in [0.15, 0.2) is 48.6 Å². The van der Waals surface area contributed by atoms with Crippen LogP contribution in [0.5, 0.6) is 0 Å². The summed E-state index contributed by atoms with van der Waals surface area (Å²) in [5.74, 6) is -1.05. The van der Waals surface area contributed by atoms with Crippen LogP contribution in [0, 0.1) is 11.3 Å². The highest BCUT2D eigenvalue weighted by Crippen LogP contribution is 2.06. The second-order valence-corrected chi connectivity index (χ2v) is 4.86. The molecule has 120 valence electrons. The van der Waals surface area contributed by atoms with E-state index in [1.54, 1.807) is 6.08 Å². The lowest BCUT2D eigenvalue weighted by atomic mass is 10.2. The van der Waals surface area contributed by atoms with Crippen molar-refractivity contribution in [1.82, 2.24) is 0 Å². The van der Waals surface area contributed by atoms with Crippen molar-refractivity contribution >= 4 is 18.0 Å². The minimum absolute atomic E-state index is 0.154. The van der Waals surface area contributed by atoms with Crippen molar-refractivity contribution in [3.63, 3.8) is 0 Å². The molecule has 0 aliphatic heterocycles. The highest BCUT2D eigenvalue weighted by molar-refractivity contribution is 5.87. The van der Waals surface area contributed by atoms with E-state index >= 15 is 0 Å². The number of nitriles is 1. The Morgan fingerprint density at radius 2 is 2.04 bits per heavy atom. The summed E-state index contributed by atoms with van der Waals surface area (Å²) in [6.45, 7) is 5.11. The van der Waals surface area contributed by atoms with Gasteiger partial charge in [-0.25, -0.2) is 9.59 Å². The molecule has 0 N–H and O–H groups in total. The zero-order valence-corrected chi connectivity index (χ0v) is 13.0. The number of benzene rings is 1. The van der Waals surface area contributed by atoms with Crippen LogP contribution in [-0.2, 0) is 19.1 Å². The number of hydrogen-bond donors (Lipinski definition) is 0. The van der Waals surface area contributed by atoms with E-state index in [1.165, 1.54) is 13.0 Å². The quantitative estimate of drug-likeness (QED) is 0.419. The summed E-state index contributed by atoms with van der Waals surface area (Å²) in [4.78, 5) is 22.8. The lowest BCUT2D eigenvalue weighted by Crippen LogP contribution is -2.17. The average molecular weight is 313 g/mol. The standard InChI is InChI=1S/C18H19NO4/c1-14(2)18(21)23-16(13-19)9-6-12-22-17(20)11-10-15-7-4-3-5-8-15/h3-5,7-8,10-11,16H,1,6,9,12H2,2H3. The van der Waals surface area contributed by atoms with Crippen molar-refractivity contribution in [2.45, 2.75) is 25.9 Å². The van der Waals surface area contributed by atoms with Gasteiger partial charge in [0.05, 0.1) is 6.61 Å². The van der Waals surface area contributed by atoms with E-state index in [2.05, 4.69) is 6.58 Å². The molecular formula is C18H19NO4. The van der Waals surface area contributed by atoms with Crippen LogP contribution in [0.25, 0.3) is 6.08 Å². The van der Waals surface area contributed by atoms with Crippen LogP contribution in [0.1, 0.15) is 25.3 Å². The first-order valence-corrected chi connectivity index (χ1v) is 7.19. The molecule has 1 rings (SSSR count). The van der Waals surface area contributed by atoms with Gasteiger partial charge < -0.3 is 9.47 Å². The van der Waals surface area contributed by atoms with Gasteiger partial charge in [-0.05, 0) is 25.0 Å². The Hall–Kier alpha value is -2.87. The fourth-order valence-electron chi connectivity index (χ4n) is 1.60. The molecule has 0 aromatic heterocycles. The van der Waals surface area contributed by atoms with Gasteiger partial charge in [-0.15, -0.1) is 0 Å². The molecule has 1 aromatic rings. The van der Waals surface area contributed by atoms with Crippen molar-refractivity contribution in [3.8, 4) is 6.07 Å². The Kier molecular flexibility index (Phi) is 7.87. The number of hydrogen-bond acceptors (Lipinski definition) is 5. The molecule has 1 unspecified atom stereocenters. The van der Waals surface area contributed by atoms with Crippen molar-refractivity contribution in [2.24, 2.45) is 0 Å². The first kappa shape index (κ1) is 18.2. The van der Waals surface area contributed by atoms with Gasteiger partial charge in [0.1, 0.15) is 6.07 Å². The zero-order valence-electron chi connectivity index (χ0n) is 13.0. The molecule has 1 aromatic carbocycles. The first-order chi connectivity index (χ1) is 11.0. The van der Waals surface area contributed by atoms with Crippen LogP contribution >= 0.6 is 0 Å². The normalized spacial score (nSPS) is 11.5. The lowest BCUT2D eigenvalue weighted by molar-refractivity contribution is -0.143. The number of carbonyl (C=O) groups is 2. The van der Waals surface area contributed by atoms with Gasteiger partial charge in [0, 0.05) is 18.1 Å². The SMILES string of the molecule is C=C(C)C(=O)OC(C#N)CCCOC(=O)C=Cc1ccccc1. The maximum Gasteiger partial charge on any atom is 0.334 e. The largest absolute Gasteiger partial charge is 0.463 e. The fourth-order valence-corrected chi connectivity index (χ4v) is 1.60. The molecule has 0 saturated heterocycles. The Morgan fingerprint density at radius 1 is 1.35 bits per heavy atom. The van der Waals surface area contributed by atoms with E-state index < -0.39 is 18.0 Å². The summed E-state index contributed by atoms with van der Waals surface area (Å²) in [5.41, 5.74) is 1.14. The fraction of sp³-hybridized carbons (Fsp3) is 0.278. The molecule has 0 spiro atoms. The first-order valence-electron chi connectivity index (χ1n) is 7.19. The Morgan fingerprint density at radius 3 is 2.65 bits per heavy atom. The van der Waals surface area contributed by atoms with Crippen molar-refractivity contribution in [3.05, 3.63) is 54.1 Å². The van der Waals surface area contributed by atoms with E-state index in [4.69, 9.17) is 14.7 Å². The second-order valence-electron chi connectivity index (χ2n) is 4.86. The highest BCUT2D eigenvalue weighted by Gasteiger charge is 2.13. The predicted octanol–water partition coefficient (Wildman–Crippen LogP) is 3.03. The lowest BCUT2D eigenvalue weighted by Gasteiger charge is -2.10. The molecule has 0 amide bonds. The summed E-state index contributed by atoms with van der Waals surface area (Å²) in [5, 5.41) is 8.90. The van der Waals surface area contributed by atoms with E-state index in [1.807, 2.05) is 36.4 Å².